The van der Waals surface area contributed by atoms with Crippen molar-refractivity contribution in [2.45, 2.75) is 44.7 Å². The van der Waals surface area contributed by atoms with E-state index < -0.39 is 0 Å². The number of pyridine rings is 1. The van der Waals surface area contributed by atoms with E-state index in [0.29, 0.717) is 11.8 Å². The quantitative estimate of drug-likeness (QED) is 0.886. The number of carbonyl (C=O) groups excluding carboxylic acids is 1. The Hall–Kier alpha value is -2.14. The molecule has 3 rings (SSSR count). The average Bonchev–Trinajstić information content (AvgIpc) is 3.10. The van der Waals surface area contributed by atoms with Gasteiger partial charge in [-0.3, -0.25) is 14.7 Å². The molecular formula is C19H25N3O2. The second-order valence-electron chi connectivity index (χ2n) is 6.32. The van der Waals surface area contributed by atoms with Crippen LogP contribution in [0.4, 0.5) is 0 Å². The second-order valence-corrected chi connectivity index (χ2v) is 6.32. The van der Waals surface area contributed by atoms with E-state index in [0.717, 1.165) is 37.4 Å². The van der Waals surface area contributed by atoms with Crippen LogP contribution < -0.4 is 5.32 Å². The van der Waals surface area contributed by atoms with Gasteiger partial charge in [-0.25, -0.2) is 0 Å². The molecule has 1 aliphatic rings. The van der Waals surface area contributed by atoms with Crippen molar-refractivity contribution >= 4 is 5.91 Å². The normalized spacial score (nSPS) is 18.5. The lowest BCUT2D eigenvalue weighted by Crippen LogP contribution is -2.39. The zero-order chi connectivity index (χ0) is 16.8. The van der Waals surface area contributed by atoms with Crippen LogP contribution in [0.25, 0.3) is 0 Å². The Morgan fingerprint density at radius 3 is 3.04 bits per heavy atom. The van der Waals surface area contributed by atoms with Crippen molar-refractivity contribution in [3.63, 3.8) is 0 Å². The third-order valence-electron chi connectivity index (χ3n) is 4.68. The predicted molar refractivity (Wildman–Crippen MR) is 92.7 cm³/mol. The molecule has 0 saturated carbocycles. The van der Waals surface area contributed by atoms with Gasteiger partial charge in [0.2, 0.25) is 0 Å². The fourth-order valence-electron chi connectivity index (χ4n) is 3.36. The molecule has 0 aliphatic carbocycles. The highest BCUT2D eigenvalue weighted by Crippen LogP contribution is 2.23. The highest BCUT2D eigenvalue weighted by Gasteiger charge is 2.23. The molecule has 5 heteroatoms. The molecule has 5 nitrogen and oxygen atoms in total. The third kappa shape index (κ3) is 4.23. The van der Waals surface area contributed by atoms with E-state index in [2.05, 4.69) is 21.3 Å². The molecule has 2 aromatic heterocycles. The molecule has 1 atom stereocenters. The number of likely N-dealkylation sites (tertiary alicyclic amines) is 1. The molecule has 0 spiro atoms. The van der Waals surface area contributed by atoms with Gasteiger partial charge in [0.15, 0.2) is 5.76 Å². The summed E-state index contributed by atoms with van der Waals surface area (Å²) in [6, 6.07) is 10.3. The first-order valence-electron chi connectivity index (χ1n) is 8.71. The first-order chi connectivity index (χ1) is 11.8. The van der Waals surface area contributed by atoms with Crippen LogP contribution in [0, 0.1) is 0 Å². The van der Waals surface area contributed by atoms with E-state index >= 15 is 0 Å². The molecule has 1 saturated heterocycles. The zero-order valence-corrected chi connectivity index (χ0v) is 14.2. The van der Waals surface area contributed by atoms with E-state index in [-0.39, 0.29) is 5.91 Å². The number of carbonyl (C=O) groups is 1. The molecule has 1 amide bonds. The number of amides is 1. The van der Waals surface area contributed by atoms with Gasteiger partial charge >= 0.3 is 0 Å². The Kier molecular flexibility index (Phi) is 5.64. The number of piperidine rings is 1. The minimum absolute atomic E-state index is 0.174. The lowest BCUT2D eigenvalue weighted by Gasteiger charge is -2.35. The number of aromatic nitrogens is 1. The van der Waals surface area contributed by atoms with Crippen molar-refractivity contribution in [2.24, 2.45) is 0 Å². The van der Waals surface area contributed by atoms with Gasteiger partial charge in [-0.2, -0.15) is 0 Å². The monoisotopic (exact) mass is 327 g/mol. The Balaban J connectivity index is 1.59. The van der Waals surface area contributed by atoms with Gasteiger partial charge in [-0.1, -0.05) is 12.5 Å². The van der Waals surface area contributed by atoms with Crippen LogP contribution in [0.5, 0.6) is 0 Å². The highest BCUT2D eigenvalue weighted by molar-refractivity contribution is 5.91. The summed E-state index contributed by atoms with van der Waals surface area (Å²) in [4.78, 5) is 18.5. The third-order valence-corrected chi connectivity index (χ3v) is 4.68. The fourth-order valence-corrected chi connectivity index (χ4v) is 3.36. The average molecular weight is 327 g/mol. The zero-order valence-electron chi connectivity index (χ0n) is 14.2. The Bertz CT molecular complexity index is 654. The van der Waals surface area contributed by atoms with E-state index in [1.807, 2.05) is 24.4 Å². The topological polar surface area (TPSA) is 58.4 Å². The summed E-state index contributed by atoms with van der Waals surface area (Å²) in [5.74, 6) is 1.07. The molecule has 1 aliphatic heterocycles. The van der Waals surface area contributed by atoms with Crippen molar-refractivity contribution in [3.05, 3.63) is 53.7 Å². The maximum atomic E-state index is 11.6. The summed E-state index contributed by atoms with van der Waals surface area (Å²) >= 11 is 0. The van der Waals surface area contributed by atoms with E-state index in [4.69, 9.17) is 4.42 Å². The van der Waals surface area contributed by atoms with Crippen LogP contribution in [0.2, 0.25) is 0 Å². The highest BCUT2D eigenvalue weighted by atomic mass is 16.4. The van der Waals surface area contributed by atoms with Crippen LogP contribution in [0.15, 0.2) is 40.9 Å². The Morgan fingerprint density at radius 2 is 2.25 bits per heavy atom. The SMILES string of the molecule is CNC(=O)c1ccc(CN2CCCCC2CCc2ccccn2)o1. The van der Waals surface area contributed by atoms with Crippen LogP contribution in [-0.4, -0.2) is 35.4 Å². The molecule has 0 radical (unpaired) electrons. The van der Waals surface area contributed by atoms with Crippen molar-refractivity contribution < 1.29 is 9.21 Å². The Morgan fingerprint density at radius 1 is 1.33 bits per heavy atom. The number of rotatable bonds is 6. The molecule has 1 unspecified atom stereocenters. The van der Waals surface area contributed by atoms with E-state index in [9.17, 15) is 4.79 Å². The van der Waals surface area contributed by atoms with Gasteiger partial charge in [0.05, 0.1) is 6.54 Å². The molecule has 3 heterocycles. The second kappa shape index (κ2) is 8.11. The summed E-state index contributed by atoms with van der Waals surface area (Å²) in [5, 5.41) is 2.59. The molecule has 2 aromatic rings. The standard InChI is InChI=1S/C19H25N3O2/c1-20-19(23)18-11-10-17(24-18)14-22-13-5-3-7-16(22)9-8-15-6-2-4-12-21-15/h2,4,6,10-12,16H,3,5,7-9,13-14H2,1H3,(H,20,23). The van der Waals surface area contributed by atoms with Gasteiger partial charge in [-0.05, 0) is 56.5 Å². The van der Waals surface area contributed by atoms with Gasteiger partial charge < -0.3 is 9.73 Å². The fraction of sp³-hybridized carbons (Fsp3) is 0.474. The molecule has 0 bridgehead atoms. The summed E-state index contributed by atoms with van der Waals surface area (Å²) in [6.07, 6.45) is 7.70. The molecule has 24 heavy (non-hydrogen) atoms. The molecule has 128 valence electrons. The Labute approximate surface area is 143 Å². The largest absolute Gasteiger partial charge is 0.455 e. The molecule has 0 aromatic carbocycles. The number of furan rings is 1. The van der Waals surface area contributed by atoms with Gasteiger partial charge in [0.1, 0.15) is 5.76 Å². The van der Waals surface area contributed by atoms with Gasteiger partial charge in [0, 0.05) is 25.0 Å². The first kappa shape index (κ1) is 16.7. The summed E-state index contributed by atoms with van der Waals surface area (Å²) < 4.78 is 5.68. The van der Waals surface area contributed by atoms with Crippen molar-refractivity contribution in [1.82, 2.24) is 15.2 Å². The first-order valence-corrected chi connectivity index (χ1v) is 8.71. The summed E-state index contributed by atoms with van der Waals surface area (Å²) in [6.45, 7) is 1.85. The van der Waals surface area contributed by atoms with Crippen LogP contribution in [-0.2, 0) is 13.0 Å². The lowest BCUT2D eigenvalue weighted by atomic mass is 9.97. The molecule has 1 fully saturated rings. The minimum atomic E-state index is -0.174. The minimum Gasteiger partial charge on any atom is -0.455 e. The van der Waals surface area contributed by atoms with Crippen LogP contribution >= 0.6 is 0 Å². The van der Waals surface area contributed by atoms with Crippen LogP contribution in [0.3, 0.4) is 0 Å². The summed E-state index contributed by atoms with van der Waals surface area (Å²) in [7, 11) is 1.61. The van der Waals surface area contributed by atoms with E-state index in [1.54, 1.807) is 13.1 Å². The molecular weight excluding hydrogens is 302 g/mol. The number of hydrogen-bond acceptors (Lipinski definition) is 4. The summed E-state index contributed by atoms with van der Waals surface area (Å²) in [5.41, 5.74) is 1.16. The van der Waals surface area contributed by atoms with E-state index in [1.165, 1.54) is 19.3 Å². The smallest absolute Gasteiger partial charge is 0.286 e. The van der Waals surface area contributed by atoms with Crippen molar-refractivity contribution in [2.75, 3.05) is 13.6 Å². The van der Waals surface area contributed by atoms with Crippen LogP contribution in [0.1, 0.15) is 47.7 Å². The van der Waals surface area contributed by atoms with Gasteiger partial charge in [-0.15, -0.1) is 0 Å². The number of hydrogen-bond donors (Lipinski definition) is 1. The maximum Gasteiger partial charge on any atom is 0.286 e. The number of nitrogens with one attached hydrogen (secondary N) is 1. The number of nitrogens with zero attached hydrogens (tertiary/aromatic N) is 2. The van der Waals surface area contributed by atoms with Crippen molar-refractivity contribution in [3.8, 4) is 0 Å². The van der Waals surface area contributed by atoms with Gasteiger partial charge in [0.25, 0.3) is 5.91 Å². The molecule has 1 N–H and O–H groups in total. The van der Waals surface area contributed by atoms with Crippen molar-refractivity contribution in [1.29, 1.82) is 0 Å². The maximum absolute atomic E-state index is 11.6. The predicted octanol–water partition coefficient (Wildman–Crippen LogP) is 3.02. The number of aryl methyl sites for hydroxylation is 1. The lowest BCUT2D eigenvalue weighted by molar-refractivity contribution is 0.0923.